The largest absolute Gasteiger partial charge is 0.351 e. The Morgan fingerprint density at radius 2 is 2.45 bits per heavy atom. The third kappa shape index (κ3) is 3.69. The highest BCUT2D eigenvalue weighted by Gasteiger charge is 2.22. The molecule has 0 saturated carbocycles. The summed E-state index contributed by atoms with van der Waals surface area (Å²) in [7, 11) is 0. The molecule has 5 nitrogen and oxygen atoms in total. The second-order valence-corrected chi connectivity index (χ2v) is 6.48. The maximum absolute atomic E-state index is 12.2. The van der Waals surface area contributed by atoms with Crippen LogP contribution in [0.3, 0.4) is 0 Å². The van der Waals surface area contributed by atoms with Gasteiger partial charge >= 0.3 is 0 Å². The Bertz CT molecular complexity index is 628. The summed E-state index contributed by atoms with van der Waals surface area (Å²) in [6.45, 7) is 3.15. The quantitative estimate of drug-likeness (QED) is 0.905. The number of aromatic nitrogens is 2. The molecule has 2 aromatic rings. The van der Waals surface area contributed by atoms with Crippen molar-refractivity contribution in [3.05, 3.63) is 35.6 Å². The fourth-order valence-corrected chi connectivity index (χ4v) is 3.48. The normalized spacial score (nSPS) is 21.5. The fraction of sp³-hybridized carbons (Fsp3) is 0.438. The van der Waals surface area contributed by atoms with Crippen LogP contribution in [-0.2, 0) is 11.2 Å². The number of pyridine rings is 1. The Hall–Kier alpha value is -1.79. The van der Waals surface area contributed by atoms with Crippen molar-refractivity contribution in [1.29, 1.82) is 0 Å². The third-order valence-electron chi connectivity index (χ3n) is 3.91. The monoisotopic (exact) mass is 316 g/mol. The summed E-state index contributed by atoms with van der Waals surface area (Å²) in [4.78, 5) is 20.8. The van der Waals surface area contributed by atoms with Gasteiger partial charge in [-0.25, -0.2) is 4.98 Å². The SMILES string of the molecule is CC1NCCCC1NC(=O)Cc1csc(-c2cccnc2)n1. The summed E-state index contributed by atoms with van der Waals surface area (Å²) >= 11 is 1.55. The van der Waals surface area contributed by atoms with E-state index in [4.69, 9.17) is 0 Å². The maximum atomic E-state index is 12.2. The number of piperidine rings is 1. The first kappa shape index (κ1) is 15.1. The maximum Gasteiger partial charge on any atom is 0.226 e. The van der Waals surface area contributed by atoms with Gasteiger partial charge in [0.05, 0.1) is 12.1 Å². The molecule has 1 amide bonds. The molecule has 0 radical (unpaired) electrons. The second kappa shape index (κ2) is 6.98. The van der Waals surface area contributed by atoms with E-state index < -0.39 is 0 Å². The molecule has 1 saturated heterocycles. The van der Waals surface area contributed by atoms with Crippen LogP contribution < -0.4 is 10.6 Å². The number of rotatable bonds is 4. The van der Waals surface area contributed by atoms with Gasteiger partial charge in [-0.2, -0.15) is 0 Å². The number of thiazole rings is 1. The minimum absolute atomic E-state index is 0.0450. The van der Waals surface area contributed by atoms with Gasteiger partial charge in [0, 0.05) is 35.4 Å². The van der Waals surface area contributed by atoms with Gasteiger partial charge in [-0.3, -0.25) is 9.78 Å². The molecule has 116 valence electrons. The van der Waals surface area contributed by atoms with Gasteiger partial charge in [0.15, 0.2) is 0 Å². The van der Waals surface area contributed by atoms with Crippen LogP contribution in [0.5, 0.6) is 0 Å². The van der Waals surface area contributed by atoms with Crippen molar-refractivity contribution >= 4 is 17.2 Å². The number of hydrogen-bond acceptors (Lipinski definition) is 5. The summed E-state index contributed by atoms with van der Waals surface area (Å²) in [5, 5.41) is 9.36. The molecular weight excluding hydrogens is 296 g/mol. The van der Waals surface area contributed by atoms with E-state index in [1.54, 1.807) is 23.7 Å². The molecule has 3 heterocycles. The lowest BCUT2D eigenvalue weighted by molar-refractivity contribution is -0.121. The smallest absolute Gasteiger partial charge is 0.226 e. The zero-order chi connectivity index (χ0) is 15.4. The van der Waals surface area contributed by atoms with Gasteiger partial charge in [-0.15, -0.1) is 11.3 Å². The lowest BCUT2D eigenvalue weighted by Gasteiger charge is -2.30. The molecular formula is C16H20N4OS. The van der Waals surface area contributed by atoms with E-state index in [0.29, 0.717) is 12.5 Å². The van der Waals surface area contributed by atoms with Crippen molar-refractivity contribution in [1.82, 2.24) is 20.6 Å². The van der Waals surface area contributed by atoms with Crippen LogP contribution >= 0.6 is 11.3 Å². The first-order valence-corrected chi connectivity index (χ1v) is 8.48. The van der Waals surface area contributed by atoms with Crippen molar-refractivity contribution in [3.8, 4) is 10.6 Å². The number of nitrogens with one attached hydrogen (secondary N) is 2. The van der Waals surface area contributed by atoms with E-state index in [1.165, 1.54) is 0 Å². The summed E-state index contributed by atoms with van der Waals surface area (Å²) in [6.07, 6.45) is 6.01. The van der Waals surface area contributed by atoms with Crippen molar-refractivity contribution < 1.29 is 4.79 Å². The van der Waals surface area contributed by atoms with Crippen molar-refractivity contribution in [2.24, 2.45) is 0 Å². The van der Waals surface area contributed by atoms with E-state index in [1.807, 2.05) is 17.5 Å². The summed E-state index contributed by atoms with van der Waals surface area (Å²) in [6, 6.07) is 4.42. The van der Waals surface area contributed by atoms with E-state index in [9.17, 15) is 4.79 Å². The molecule has 22 heavy (non-hydrogen) atoms. The molecule has 2 aromatic heterocycles. The van der Waals surface area contributed by atoms with Crippen LogP contribution in [0.2, 0.25) is 0 Å². The van der Waals surface area contributed by atoms with Crippen molar-refractivity contribution in [2.45, 2.75) is 38.3 Å². The number of hydrogen-bond donors (Lipinski definition) is 2. The lowest BCUT2D eigenvalue weighted by atomic mass is 10.00. The topological polar surface area (TPSA) is 66.9 Å². The number of amides is 1. The summed E-state index contributed by atoms with van der Waals surface area (Å²) < 4.78 is 0. The first-order chi connectivity index (χ1) is 10.7. The zero-order valence-electron chi connectivity index (χ0n) is 12.6. The average Bonchev–Trinajstić information content (AvgIpc) is 2.99. The van der Waals surface area contributed by atoms with Gasteiger partial charge in [0.25, 0.3) is 0 Å². The molecule has 2 unspecified atom stereocenters. The molecule has 0 bridgehead atoms. The van der Waals surface area contributed by atoms with Gasteiger partial charge in [-0.05, 0) is 38.4 Å². The minimum Gasteiger partial charge on any atom is -0.351 e. The Morgan fingerprint density at radius 3 is 3.23 bits per heavy atom. The predicted molar refractivity (Wildman–Crippen MR) is 87.7 cm³/mol. The highest BCUT2D eigenvalue weighted by Crippen LogP contribution is 2.22. The van der Waals surface area contributed by atoms with Gasteiger partial charge in [0.1, 0.15) is 5.01 Å². The molecule has 2 N–H and O–H groups in total. The Labute approximate surface area is 134 Å². The molecule has 0 aromatic carbocycles. The van der Waals surface area contributed by atoms with Crippen LogP contribution in [0, 0.1) is 0 Å². The molecule has 0 spiro atoms. The average molecular weight is 316 g/mol. The van der Waals surface area contributed by atoms with Gasteiger partial charge in [0.2, 0.25) is 5.91 Å². The molecule has 6 heteroatoms. The molecule has 1 fully saturated rings. The molecule has 1 aliphatic heterocycles. The minimum atomic E-state index is 0.0450. The molecule has 1 aliphatic rings. The number of carbonyl (C=O) groups excluding carboxylic acids is 1. The van der Waals surface area contributed by atoms with E-state index in [2.05, 4.69) is 27.5 Å². The predicted octanol–water partition coefficient (Wildman–Crippen LogP) is 2.00. The number of nitrogens with zero attached hydrogens (tertiary/aromatic N) is 2. The Kier molecular flexibility index (Phi) is 4.80. The van der Waals surface area contributed by atoms with Crippen LogP contribution in [-0.4, -0.2) is 34.5 Å². The third-order valence-corrected chi connectivity index (χ3v) is 4.85. The zero-order valence-corrected chi connectivity index (χ0v) is 13.4. The summed E-state index contributed by atoms with van der Waals surface area (Å²) in [5.74, 6) is 0.0450. The summed E-state index contributed by atoms with van der Waals surface area (Å²) in [5.41, 5.74) is 1.81. The lowest BCUT2D eigenvalue weighted by Crippen LogP contribution is -2.52. The van der Waals surface area contributed by atoms with Crippen molar-refractivity contribution in [3.63, 3.8) is 0 Å². The Morgan fingerprint density at radius 1 is 1.55 bits per heavy atom. The van der Waals surface area contributed by atoms with Gasteiger partial charge < -0.3 is 10.6 Å². The van der Waals surface area contributed by atoms with E-state index in [0.717, 1.165) is 35.7 Å². The fourth-order valence-electron chi connectivity index (χ4n) is 2.67. The first-order valence-electron chi connectivity index (χ1n) is 7.60. The highest BCUT2D eigenvalue weighted by atomic mass is 32.1. The number of carbonyl (C=O) groups is 1. The Balaban J connectivity index is 1.59. The van der Waals surface area contributed by atoms with Crippen LogP contribution in [0.25, 0.3) is 10.6 Å². The van der Waals surface area contributed by atoms with E-state index in [-0.39, 0.29) is 11.9 Å². The van der Waals surface area contributed by atoms with Gasteiger partial charge in [-0.1, -0.05) is 0 Å². The molecule has 2 atom stereocenters. The van der Waals surface area contributed by atoms with E-state index >= 15 is 0 Å². The second-order valence-electron chi connectivity index (χ2n) is 5.62. The molecule has 3 rings (SSSR count). The van der Waals surface area contributed by atoms with Crippen LogP contribution in [0.1, 0.15) is 25.5 Å². The molecule has 0 aliphatic carbocycles. The van der Waals surface area contributed by atoms with Crippen molar-refractivity contribution in [2.75, 3.05) is 6.54 Å². The standard InChI is InChI=1S/C16H20N4OS/c1-11-14(5-3-7-18-11)20-15(21)8-13-10-22-16(19-13)12-4-2-6-17-9-12/h2,4,6,9-11,14,18H,3,5,7-8H2,1H3,(H,20,21). The van der Waals surface area contributed by atoms with Crippen LogP contribution in [0.4, 0.5) is 0 Å². The van der Waals surface area contributed by atoms with Crippen LogP contribution in [0.15, 0.2) is 29.9 Å². The highest BCUT2D eigenvalue weighted by molar-refractivity contribution is 7.13.